The van der Waals surface area contributed by atoms with Crippen molar-refractivity contribution in [2.24, 2.45) is 0 Å². The van der Waals surface area contributed by atoms with Crippen molar-refractivity contribution in [3.63, 3.8) is 0 Å². The summed E-state index contributed by atoms with van der Waals surface area (Å²) in [6, 6.07) is 0. The molecule has 2 rings (SSSR count). The van der Waals surface area contributed by atoms with E-state index in [4.69, 9.17) is 4.74 Å². The fraction of sp³-hybridized carbons (Fsp3) is 0.300. The highest BCUT2D eigenvalue weighted by Crippen LogP contribution is 2.11. The average Bonchev–Trinajstić information content (AvgIpc) is 2.88. The molecule has 1 aliphatic rings. The zero-order valence-electron chi connectivity index (χ0n) is 8.29. The predicted molar refractivity (Wildman–Crippen MR) is 56.6 cm³/mol. The van der Waals surface area contributed by atoms with E-state index >= 15 is 0 Å². The summed E-state index contributed by atoms with van der Waals surface area (Å²) in [4.78, 5) is 26.3. The molecular formula is C10H9NO4S. The molecule has 84 valence electrons. The van der Waals surface area contributed by atoms with E-state index in [1.807, 2.05) is 0 Å². The van der Waals surface area contributed by atoms with Crippen molar-refractivity contribution in [2.75, 3.05) is 6.61 Å². The van der Waals surface area contributed by atoms with Crippen LogP contribution in [0.15, 0.2) is 17.0 Å². The van der Waals surface area contributed by atoms with Crippen LogP contribution < -0.4 is 0 Å². The molecule has 0 radical (unpaired) electrons. The number of esters is 2. The first kappa shape index (κ1) is 10.8. The molecule has 0 aliphatic carbocycles. The minimum Gasteiger partial charge on any atom is -0.463 e. The van der Waals surface area contributed by atoms with Gasteiger partial charge in [-0.05, 0) is 6.08 Å². The van der Waals surface area contributed by atoms with E-state index in [-0.39, 0.29) is 0 Å². The van der Waals surface area contributed by atoms with Crippen LogP contribution in [0.25, 0.3) is 6.08 Å². The Morgan fingerprint density at radius 3 is 3.19 bits per heavy atom. The molecule has 0 spiro atoms. The van der Waals surface area contributed by atoms with E-state index < -0.39 is 18.0 Å². The Bertz CT molecular complexity index is 412. The summed E-state index contributed by atoms with van der Waals surface area (Å²) in [6.07, 6.45) is 2.46. The number of ether oxygens (including phenoxy) is 2. The fourth-order valence-corrected chi connectivity index (χ4v) is 1.74. The number of thiazole rings is 1. The number of aromatic nitrogens is 1. The Kier molecular flexibility index (Phi) is 3.31. The van der Waals surface area contributed by atoms with Gasteiger partial charge in [-0.3, -0.25) is 0 Å². The summed E-state index contributed by atoms with van der Waals surface area (Å²) in [5.74, 6) is -1.03. The average molecular weight is 239 g/mol. The van der Waals surface area contributed by atoms with Crippen LogP contribution in [-0.2, 0) is 19.1 Å². The third-order valence-electron chi connectivity index (χ3n) is 1.99. The smallest absolute Gasteiger partial charge is 0.347 e. The minimum absolute atomic E-state index is 0.312. The van der Waals surface area contributed by atoms with Gasteiger partial charge in [0.2, 0.25) is 6.10 Å². The first-order valence-electron chi connectivity index (χ1n) is 4.69. The van der Waals surface area contributed by atoms with Crippen LogP contribution in [0, 0.1) is 0 Å². The van der Waals surface area contributed by atoms with Gasteiger partial charge in [0.1, 0.15) is 0 Å². The summed E-state index contributed by atoms with van der Waals surface area (Å²) in [5, 5.41) is 1.80. The van der Waals surface area contributed by atoms with Crippen LogP contribution >= 0.6 is 11.3 Å². The molecule has 1 fully saturated rings. The number of cyclic esters (lactones) is 1. The van der Waals surface area contributed by atoms with Gasteiger partial charge >= 0.3 is 11.9 Å². The second kappa shape index (κ2) is 4.89. The van der Waals surface area contributed by atoms with Gasteiger partial charge in [-0.1, -0.05) is 0 Å². The fourth-order valence-electron chi connectivity index (χ4n) is 1.22. The van der Waals surface area contributed by atoms with Gasteiger partial charge in [-0.2, -0.15) is 0 Å². The first-order valence-corrected chi connectivity index (χ1v) is 5.63. The maximum absolute atomic E-state index is 11.3. The van der Waals surface area contributed by atoms with Gasteiger partial charge in [0.15, 0.2) is 0 Å². The lowest BCUT2D eigenvalue weighted by Crippen LogP contribution is -2.21. The number of hydrogen-bond acceptors (Lipinski definition) is 6. The van der Waals surface area contributed by atoms with E-state index in [1.165, 1.54) is 17.4 Å². The van der Waals surface area contributed by atoms with Crippen molar-refractivity contribution in [1.29, 1.82) is 0 Å². The lowest BCUT2D eigenvalue weighted by molar-refractivity contribution is -0.156. The van der Waals surface area contributed by atoms with Crippen LogP contribution in [-0.4, -0.2) is 29.6 Å². The van der Waals surface area contributed by atoms with Gasteiger partial charge in [0, 0.05) is 17.9 Å². The summed E-state index contributed by atoms with van der Waals surface area (Å²) in [5.41, 5.74) is 2.36. The van der Waals surface area contributed by atoms with Crippen molar-refractivity contribution in [3.05, 3.63) is 22.7 Å². The first-order chi connectivity index (χ1) is 7.75. The van der Waals surface area contributed by atoms with Gasteiger partial charge in [-0.15, -0.1) is 11.3 Å². The molecule has 0 saturated carbocycles. The van der Waals surface area contributed by atoms with Crippen molar-refractivity contribution in [1.82, 2.24) is 4.98 Å². The second-order valence-electron chi connectivity index (χ2n) is 3.13. The highest BCUT2D eigenvalue weighted by Gasteiger charge is 2.29. The zero-order valence-corrected chi connectivity index (χ0v) is 9.11. The topological polar surface area (TPSA) is 65.5 Å². The molecule has 1 aromatic rings. The standard InChI is InChI=1S/C10H9NO4S/c12-9(2-1-7-5-16-6-11-7)15-8-3-4-14-10(8)13/h1-2,5-6,8H,3-4H2/b2-1+. The maximum Gasteiger partial charge on any atom is 0.347 e. The molecule has 0 N–H and O–H groups in total. The van der Waals surface area contributed by atoms with Crippen molar-refractivity contribution in [3.8, 4) is 0 Å². The third kappa shape index (κ3) is 2.66. The summed E-state index contributed by atoms with van der Waals surface area (Å²) in [6.45, 7) is 0.312. The number of carbonyl (C=O) groups is 2. The maximum atomic E-state index is 11.3. The van der Waals surface area contributed by atoms with Crippen molar-refractivity contribution in [2.45, 2.75) is 12.5 Å². The highest BCUT2D eigenvalue weighted by atomic mass is 32.1. The molecule has 0 aromatic carbocycles. The van der Waals surface area contributed by atoms with E-state index in [2.05, 4.69) is 9.72 Å². The molecule has 1 aliphatic heterocycles. The summed E-state index contributed by atoms with van der Waals surface area (Å²) < 4.78 is 9.56. The van der Waals surface area contributed by atoms with Crippen LogP contribution in [0.5, 0.6) is 0 Å². The number of rotatable bonds is 3. The van der Waals surface area contributed by atoms with Gasteiger partial charge < -0.3 is 9.47 Å². The predicted octanol–water partition coefficient (Wildman–Crippen LogP) is 1.01. The Morgan fingerprint density at radius 2 is 2.56 bits per heavy atom. The van der Waals surface area contributed by atoms with Gasteiger partial charge in [-0.25, -0.2) is 14.6 Å². The Balaban J connectivity index is 1.87. The third-order valence-corrected chi connectivity index (χ3v) is 2.59. The number of carbonyl (C=O) groups excluding carboxylic acids is 2. The van der Waals surface area contributed by atoms with E-state index in [0.717, 1.165) is 0 Å². The molecule has 2 heterocycles. The number of hydrogen-bond donors (Lipinski definition) is 0. The molecule has 16 heavy (non-hydrogen) atoms. The SMILES string of the molecule is O=C(/C=C/c1cscn1)OC1CCOC1=O. The van der Waals surface area contributed by atoms with Crippen molar-refractivity contribution >= 4 is 29.4 Å². The second-order valence-corrected chi connectivity index (χ2v) is 3.85. The molecule has 1 unspecified atom stereocenters. The monoisotopic (exact) mass is 239 g/mol. The Hall–Kier alpha value is -1.69. The van der Waals surface area contributed by atoms with E-state index in [9.17, 15) is 9.59 Å². The van der Waals surface area contributed by atoms with Gasteiger partial charge in [0.05, 0.1) is 17.8 Å². The highest BCUT2D eigenvalue weighted by molar-refractivity contribution is 7.07. The quantitative estimate of drug-likeness (QED) is 0.582. The molecule has 6 heteroatoms. The molecule has 5 nitrogen and oxygen atoms in total. The molecule has 0 bridgehead atoms. The van der Waals surface area contributed by atoms with Crippen LogP contribution in [0.1, 0.15) is 12.1 Å². The Morgan fingerprint density at radius 1 is 1.69 bits per heavy atom. The molecular weight excluding hydrogens is 230 g/mol. The molecule has 0 amide bonds. The van der Waals surface area contributed by atoms with E-state index in [0.29, 0.717) is 18.7 Å². The molecule has 1 atom stereocenters. The Labute approximate surface area is 95.7 Å². The normalized spacial score (nSPS) is 20.0. The van der Waals surface area contributed by atoms with Crippen LogP contribution in [0.2, 0.25) is 0 Å². The van der Waals surface area contributed by atoms with Crippen LogP contribution in [0.3, 0.4) is 0 Å². The minimum atomic E-state index is -0.757. The van der Waals surface area contributed by atoms with Gasteiger partial charge in [0.25, 0.3) is 0 Å². The van der Waals surface area contributed by atoms with Crippen molar-refractivity contribution < 1.29 is 19.1 Å². The lowest BCUT2D eigenvalue weighted by Gasteiger charge is -2.04. The van der Waals surface area contributed by atoms with E-state index in [1.54, 1.807) is 17.0 Å². The largest absolute Gasteiger partial charge is 0.463 e. The molecule has 1 aromatic heterocycles. The zero-order chi connectivity index (χ0) is 11.4. The number of nitrogens with zero attached hydrogens (tertiary/aromatic N) is 1. The summed E-state index contributed by atoms with van der Waals surface area (Å²) in [7, 11) is 0. The lowest BCUT2D eigenvalue weighted by atomic mass is 10.3. The molecule has 1 saturated heterocycles. The van der Waals surface area contributed by atoms with Crippen LogP contribution in [0.4, 0.5) is 0 Å². The summed E-state index contributed by atoms with van der Waals surface area (Å²) >= 11 is 1.44.